The van der Waals surface area contributed by atoms with E-state index in [9.17, 15) is 9.59 Å². The first-order valence-corrected chi connectivity index (χ1v) is 7.96. The first-order valence-electron chi connectivity index (χ1n) is 7.96. The summed E-state index contributed by atoms with van der Waals surface area (Å²) in [4.78, 5) is 26.9. The van der Waals surface area contributed by atoms with E-state index in [4.69, 9.17) is 4.74 Å². The highest BCUT2D eigenvalue weighted by Gasteiger charge is 2.15. The van der Waals surface area contributed by atoms with E-state index in [0.717, 1.165) is 6.42 Å². The molecule has 0 saturated heterocycles. The standard InChI is InChI=1S/C15H31N5O3/c1-6-8-17-12(21)7-9-18-13(16-5)19-10-11-20-14(22)23-15(2,3)4/h6-11H2,1-5H3,(H,17,21)(H,20,22)(H2,16,18,19). The van der Waals surface area contributed by atoms with Crippen LogP contribution in [0.25, 0.3) is 0 Å². The van der Waals surface area contributed by atoms with Crippen molar-refractivity contribution in [3.05, 3.63) is 0 Å². The normalized spacial score (nSPS) is 11.6. The highest BCUT2D eigenvalue weighted by Crippen LogP contribution is 2.05. The number of nitrogens with one attached hydrogen (secondary N) is 4. The van der Waals surface area contributed by atoms with Gasteiger partial charge in [0.25, 0.3) is 0 Å². The van der Waals surface area contributed by atoms with Gasteiger partial charge in [-0.2, -0.15) is 0 Å². The van der Waals surface area contributed by atoms with Crippen molar-refractivity contribution in [2.45, 2.75) is 46.1 Å². The molecule has 2 amide bonds. The molecule has 23 heavy (non-hydrogen) atoms. The zero-order valence-corrected chi connectivity index (χ0v) is 14.9. The number of guanidine groups is 1. The van der Waals surface area contributed by atoms with E-state index in [2.05, 4.69) is 26.3 Å². The van der Waals surface area contributed by atoms with Gasteiger partial charge in [-0.3, -0.25) is 9.79 Å². The Morgan fingerprint density at radius 1 is 0.957 bits per heavy atom. The molecule has 0 aromatic carbocycles. The molecule has 0 unspecified atom stereocenters. The summed E-state index contributed by atoms with van der Waals surface area (Å²) in [5.41, 5.74) is -0.506. The predicted octanol–water partition coefficient (Wildman–Crippen LogP) is 0.592. The number of hydrogen-bond donors (Lipinski definition) is 4. The van der Waals surface area contributed by atoms with Crippen LogP contribution < -0.4 is 21.3 Å². The van der Waals surface area contributed by atoms with Crippen LogP contribution in [0.5, 0.6) is 0 Å². The molecule has 0 heterocycles. The Hall–Kier alpha value is -1.99. The van der Waals surface area contributed by atoms with Gasteiger partial charge in [0.1, 0.15) is 5.60 Å². The van der Waals surface area contributed by atoms with E-state index in [-0.39, 0.29) is 5.91 Å². The second kappa shape index (κ2) is 11.6. The minimum Gasteiger partial charge on any atom is -0.444 e. The van der Waals surface area contributed by atoms with Gasteiger partial charge < -0.3 is 26.0 Å². The van der Waals surface area contributed by atoms with E-state index in [1.165, 1.54) is 0 Å². The summed E-state index contributed by atoms with van der Waals surface area (Å²) in [6, 6.07) is 0. The zero-order chi connectivity index (χ0) is 17.7. The average molecular weight is 329 g/mol. The van der Waals surface area contributed by atoms with Crippen molar-refractivity contribution < 1.29 is 14.3 Å². The van der Waals surface area contributed by atoms with Gasteiger partial charge in [-0.05, 0) is 27.2 Å². The number of alkyl carbamates (subject to hydrolysis) is 1. The Labute approximate surface area is 138 Å². The number of ether oxygens (including phenoxy) is 1. The molecule has 0 aliphatic heterocycles. The van der Waals surface area contributed by atoms with Crippen LogP contribution in [-0.4, -0.2) is 56.8 Å². The summed E-state index contributed by atoms with van der Waals surface area (Å²) in [7, 11) is 1.65. The van der Waals surface area contributed by atoms with Gasteiger partial charge in [0.05, 0.1) is 0 Å². The fourth-order valence-corrected chi connectivity index (χ4v) is 1.53. The molecule has 0 aliphatic carbocycles. The van der Waals surface area contributed by atoms with Crippen molar-refractivity contribution in [3.8, 4) is 0 Å². The van der Waals surface area contributed by atoms with Gasteiger partial charge in [-0.15, -0.1) is 0 Å². The molecule has 8 heteroatoms. The Bertz CT molecular complexity index is 391. The maximum absolute atomic E-state index is 11.5. The van der Waals surface area contributed by atoms with Crippen LogP contribution in [0.15, 0.2) is 4.99 Å². The van der Waals surface area contributed by atoms with Crippen molar-refractivity contribution in [3.63, 3.8) is 0 Å². The van der Waals surface area contributed by atoms with Crippen LogP contribution in [0.4, 0.5) is 4.79 Å². The van der Waals surface area contributed by atoms with Crippen molar-refractivity contribution in [1.82, 2.24) is 21.3 Å². The Morgan fingerprint density at radius 2 is 1.57 bits per heavy atom. The lowest BCUT2D eigenvalue weighted by molar-refractivity contribution is -0.120. The maximum Gasteiger partial charge on any atom is 0.407 e. The number of nitrogens with zero attached hydrogens (tertiary/aromatic N) is 1. The van der Waals surface area contributed by atoms with Crippen LogP contribution in [0.2, 0.25) is 0 Å². The van der Waals surface area contributed by atoms with Crippen LogP contribution in [-0.2, 0) is 9.53 Å². The van der Waals surface area contributed by atoms with Gasteiger partial charge in [-0.25, -0.2) is 4.79 Å². The lowest BCUT2D eigenvalue weighted by Crippen LogP contribution is -2.43. The SMILES string of the molecule is CCCNC(=O)CCNC(=NC)NCCNC(=O)OC(C)(C)C. The number of carbonyl (C=O) groups is 2. The Kier molecular flexibility index (Phi) is 10.6. The van der Waals surface area contributed by atoms with Crippen molar-refractivity contribution in [2.24, 2.45) is 4.99 Å². The molecule has 134 valence electrons. The molecule has 0 rings (SSSR count). The van der Waals surface area contributed by atoms with E-state index in [1.54, 1.807) is 7.05 Å². The average Bonchev–Trinajstić information content (AvgIpc) is 2.45. The van der Waals surface area contributed by atoms with Crippen molar-refractivity contribution in [1.29, 1.82) is 0 Å². The molecule has 0 saturated carbocycles. The molecule has 0 aromatic heterocycles. The summed E-state index contributed by atoms with van der Waals surface area (Å²) in [5, 5.41) is 11.5. The third-order valence-corrected chi connectivity index (χ3v) is 2.53. The fraction of sp³-hybridized carbons (Fsp3) is 0.800. The fourth-order valence-electron chi connectivity index (χ4n) is 1.53. The summed E-state index contributed by atoms with van der Waals surface area (Å²) >= 11 is 0. The van der Waals surface area contributed by atoms with E-state index < -0.39 is 11.7 Å². The van der Waals surface area contributed by atoms with E-state index >= 15 is 0 Å². The van der Waals surface area contributed by atoms with Gasteiger partial charge in [0.15, 0.2) is 5.96 Å². The van der Waals surface area contributed by atoms with Gasteiger partial charge in [0.2, 0.25) is 5.91 Å². The van der Waals surface area contributed by atoms with E-state index in [1.807, 2.05) is 27.7 Å². The van der Waals surface area contributed by atoms with E-state index in [0.29, 0.717) is 38.6 Å². The van der Waals surface area contributed by atoms with Crippen LogP contribution in [0.3, 0.4) is 0 Å². The monoisotopic (exact) mass is 329 g/mol. The molecule has 0 bridgehead atoms. The quantitative estimate of drug-likeness (QED) is 0.296. The van der Waals surface area contributed by atoms with Crippen LogP contribution in [0.1, 0.15) is 40.5 Å². The largest absolute Gasteiger partial charge is 0.444 e. The van der Waals surface area contributed by atoms with Gasteiger partial charge >= 0.3 is 6.09 Å². The predicted molar refractivity (Wildman–Crippen MR) is 91.5 cm³/mol. The number of amides is 2. The molecule has 0 aliphatic rings. The number of carbonyl (C=O) groups excluding carboxylic acids is 2. The number of rotatable bonds is 8. The first kappa shape index (κ1) is 21.0. The number of hydrogen-bond acceptors (Lipinski definition) is 4. The maximum atomic E-state index is 11.5. The minimum absolute atomic E-state index is 0.0152. The third kappa shape index (κ3) is 13.4. The zero-order valence-electron chi connectivity index (χ0n) is 14.9. The lowest BCUT2D eigenvalue weighted by atomic mass is 10.2. The highest BCUT2D eigenvalue weighted by molar-refractivity contribution is 5.81. The summed E-state index contributed by atoms with van der Waals surface area (Å²) < 4.78 is 5.13. The second-order valence-corrected chi connectivity index (χ2v) is 5.95. The smallest absolute Gasteiger partial charge is 0.407 e. The molecule has 8 nitrogen and oxygen atoms in total. The van der Waals surface area contributed by atoms with Crippen LogP contribution >= 0.6 is 0 Å². The Morgan fingerprint density at radius 3 is 2.13 bits per heavy atom. The highest BCUT2D eigenvalue weighted by atomic mass is 16.6. The topological polar surface area (TPSA) is 104 Å². The summed E-state index contributed by atoms with van der Waals surface area (Å²) in [6.07, 6.45) is 0.860. The second-order valence-electron chi connectivity index (χ2n) is 5.95. The van der Waals surface area contributed by atoms with Crippen LogP contribution in [0, 0.1) is 0 Å². The molecule has 0 radical (unpaired) electrons. The molecular formula is C15H31N5O3. The molecular weight excluding hydrogens is 298 g/mol. The summed E-state index contributed by atoms with van der Waals surface area (Å²) in [6.45, 7) is 9.55. The molecule has 0 spiro atoms. The Balaban J connectivity index is 3.79. The van der Waals surface area contributed by atoms with Crippen molar-refractivity contribution >= 4 is 18.0 Å². The number of aliphatic imine (C=N–C) groups is 1. The minimum atomic E-state index is -0.506. The molecule has 4 N–H and O–H groups in total. The first-order chi connectivity index (χ1) is 10.8. The van der Waals surface area contributed by atoms with Crippen molar-refractivity contribution in [2.75, 3.05) is 33.2 Å². The molecule has 0 aromatic rings. The summed E-state index contributed by atoms with van der Waals surface area (Å²) in [5.74, 6) is 0.598. The van der Waals surface area contributed by atoms with Gasteiger partial charge in [0, 0.05) is 39.6 Å². The lowest BCUT2D eigenvalue weighted by Gasteiger charge is -2.19. The third-order valence-electron chi connectivity index (χ3n) is 2.53. The molecule has 0 fully saturated rings. The van der Waals surface area contributed by atoms with Gasteiger partial charge in [-0.1, -0.05) is 6.92 Å². The molecule has 0 atom stereocenters.